The minimum atomic E-state index is -0.900. The van der Waals surface area contributed by atoms with E-state index in [1.165, 1.54) is 0 Å². The zero-order valence-electron chi connectivity index (χ0n) is 15.1. The maximum absolute atomic E-state index is 12.6. The van der Waals surface area contributed by atoms with Crippen molar-refractivity contribution in [3.63, 3.8) is 0 Å². The molecule has 2 bridgehead atoms. The molecule has 4 aliphatic rings. The molecule has 0 heterocycles. The standard InChI is InChI=1S/C20H32O4/c1-17-7-6-16(23)18(2,11-21)14(17)5-8-19-9-13(3-4-15(17)19)20(24,10-19)12-22/h13-15,21-22,24H,3-12H2,1-2H3/t13-,14+,15+,17-,18+,19+,20+/m1/s1. The Kier molecular flexibility index (Phi) is 3.57. The first kappa shape index (κ1) is 17.0. The summed E-state index contributed by atoms with van der Waals surface area (Å²) in [6, 6.07) is 0. The van der Waals surface area contributed by atoms with E-state index in [1.54, 1.807) is 0 Å². The normalized spacial score (nSPS) is 56.7. The molecule has 24 heavy (non-hydrogen) atoms. The van der Waals surface area contributed by atoms with Gasteiger partial charge in [0.05, 0.1) is 24.2 Å². The highest BCUT2D eigenvalue weighted by Crippen LogP contribution is 2.72. The lowest BCUT2D eigenvalue weighted by atomic mass is 9.41. The lowest BCUT2D eigenvalue weighted by Crippen LogP contribution is -2.60. The maximum atomic E-state index is 12.6. The van der Waals surface area contributed by atoms with Crippen molar-refractivity contribution in [2.24, 2.45) is 34.0 Å². The average Bonchev–Trinajstić information content (AvgIpc) is 2.78. The predicted octanol–water partition coefficient (Wildman–Crippen LogP) is 2.29. The lowest BCUT2D eigenvalue weighted by molar-refractivity contribution is -0.174. The Hall–Kier alpha value is -0.450. The van der Waals surface area contributed by atoms with E-state index in [-0.39, 0.29) is 41.7 Å². The summed E-state index contributed by atoms with van der Waals surface area (Å²) in [5, 5.41) is 30.7. The molecule has 3 N–H and O–H groups in total. The van der Waals surface area contributed by atoms with Gasteiger partial charge in [0, 0.05) is 6.42 Å². The number of aliphatic hydroxyl groups is 3. The van der Waals surface area contributed by atoms with Gasteiger partial charge >= 0.3 is 0 Å². The van der Waals surface area contributed by atoms with Crippen molar-refractivity contribution in [1.82, 2.24) is 0 Å². The number of ketones is 1. The molecule has 136 valence electrons. The van der Waals surface area contributed by atoms with Gasteiger partial charge in [-0.3, -0.25) is 4.79 Å². The van der Waals surface area contributed by atoms with Gasteiger partial charge in [0.2, 0.25) is 0 Å². The number of hydrogen-bond donors (Lipinski definition) is 3. The summed E-state index contributed by atoms with van der Waals surface area (Å²) in [5.74, 6) is 1.20. The number of aliphatic hydroxyl groups excluding tert-OH is 2. The van der Waals surface area contributed by atoms with Crippen molar-refractivity contribution in [2.75, 3.05) is 13.2 Å². The molecule has 4 rings (SSSR count). The summed E-state index contributed by atoms with van der Waals surface area (Å²) in [7, 11) is 0. The average molecular weight is 336 g/mol. The lowest BCUT2D eigenvalue weighted by Gasteiger charge is -2.63. The van der Waals surface area contributed by atoms with Gasteiger partial charge in [-0.05, 0) is 73.5 Å². The van der Waals surface area contributed by atoms with Gasteiger partial charge in [-0.25, -0.2) is 0 Å². The van der Waals surface area contributed by atoms with Crippen LogP contribution in [0.4, 0.5) is 0 Å². The monoisotopic (exact) mass is 336 g/mol. The minimum Gasteiger partial charge on any atom is -0.395 e. The maximum Gasteiger partial charge on any atom is 0.141 e. The fourth-order valence-electron chi connectivity index (χ4n) is 7.86. The molecule has 4 nitrogen and oxygen atoms in total. The molecule has 0 unspecified atom stereocenters. The van der Waals surface area contributed by atoms with E-state index in [0.29, 0.717) is 12.3 Å². The number of rotatable bonds is 2. The van der Waals surface area contributed by atoms with E-state index < -0.39 is 11.0 Å². The van der Waals surface area contributed by atoms with E-state index in [4.69, 9.17) is 0 Å². The molecule has 0 saturated heterocycles. The van der Waals surface area contributed by atoms with Crippen molar-refractivity contribution >= 4 is 5.78 Å². The number of Topliss-reactive ketones (excluding diaryl/α,β-unsaturated/α-hetero) is 1. The summed E-state index contributed by atoms with van der Waals surface area (Å²) in [6.07, 6.45) is 7.30. The molecular formula is C20H32O4. The second-order valence-corrected chi connectivity index (χ2v) is 9.93. The van der Waals surface area contributed by atoms with Crippen LogP contribution in [0.25, 0.3) is 0 Å². The van der Waals surface area contributed by atoms with Gasteiger partial charge in [0.1, 0.15) is 5.78 Å². The predicted molar refractivity (Wildman–Crippen MR) is 90.2 cm³/mol. The highest BCUT2D eigenvalue weighted by atomic mass is 16.3. The number of carbonyl (C=O) groups excluding carboxylic acids is 1. The highest BCUT2D eigenvalue weighted by molar-refractivity contribution is 5.86. The van der Waals surface area contributed by atoms with Gasteiger partial charge < -0.3 is 15.3 Å². The summed E-state index contributed by atoms with van der Waals surface area (Å²) in [5.41, 5.74) is -1.31. The van der Waals surface area contributed by atoms with Crippen LogP contribution in [0.3, 0.4) is 0 Å². The second-order valence-electron chi connectivity index (χ2n) is 9.93. The van der Waals surface area contributed by atoms with Gasteiger partial charge in [-0.2, -0.15) is 0 Å². The first-order valence-corrected chi connectivity index (χ1v) is 9.71. The van der Waals surface area contributed by atoms with E-state index in [1.807, 2.05) is 6.92 Å². The Bertz CT molecular complexity index is 562. The van der Waals surface area contributed by atoms with Gasteiger partial charge in [0.25, 0.3) is 0 Å². The van der Waals surface area contributed by atoms with Crippen LogP contribution in [0.2, 0.25) is 0 Å². The number of hydrogen-bond acceptors (Lipinski definition) is 4. The summed E-state index contributed by atoms with van der Waals surface area (Å²) < 4.78 is 0. The van der Waals surface area contributed by atoms with Crippen LogP contribution in [0.5, 0.6) is 0 Å². The van der Waals surface area contributed by atoms with Gasteiger partial charge in [-0.15, -0.1) is 0 Å². The van der Waals surface area contributed by atoms with Crippen LogP contribution in [0, 0.1) is 34.0 Å². The molecule has 4 heteroatoms. The zero-order chi connectivity index (χ0) is 17.4. The fourth-order valence-corrected chi connectivity index (χ4v) is 7.86. The van der Waals surface area contributed by atoms with Crippen LogP contribution in [0.1, 0.15) is 65.2 Å². The molecule has 0 aromatic rings. The SMILES string of the molecule is C[C@@]12CCC(=O)[C@@](C)(CO)[C@H]1CC[C@@]13C[C@@H](CC[C@H]12)[C@@](O)(CO)C3. The first-order chi connectivity index (χ1) is 11.2. The molecule has 4 fully saturated rings. The van der Waals surface area contributed by atoms with Crippen LogP contribution < -0.4 is 0 Å². The van der Waals surface area contributed by atoms with E-state index in [9.17, 15) is 20.1 Å². The zero-order valence-corrected chi connectivity index (χ0v) is 15.1. The quantitative estimate of drug-likeness (QED) is 0.723. The van der Waals surface area contributed by atoms with Gasteiger partial charge in [0.15, 0.2) is 0 Å². The van der Waals surface area contributed by atoms with Crippen molar-refractivity contribution in [1.29, 1.82) is 0 Å². The third-order valence-electron chi connectivity index (χ3n) is 9.04. The highest BCUT2D eigenvalue weighted by Gasteiger charge is 2.68. The van der Waals surface area contributed by atoms with Crippen molar-refractivity contribution in [2.45, 2.75) is 70.8 Å². The van der Waals surface area contributed by atoms with Crippen LogP contribution in [-0.4, -0.2) is 39.9 Å². The fraction of sp³-hybridized carbons (Fsp3) is 0.950. The Morgan fingerprint density at radius 3 is 2.46 bits per heavy atom. The molecule has 4 aliphatic carbocycles. The second kappa shape index (κ2) is 5.05. The molecule has 4 saturated carbocycles. The minimum absolute atomic E-state index is 0.0466. The Morgan fingerprint density at radius 1 is 1.04 bits per heavy atom. The summed E-state index contributed by atoms with van der Waals surface area (Å²) >= 11 is 0. The van der Waals surface area contributed by atoms with E-state index >= 15 is 0 Å². The Labute approximate surface area is 144 Å². The topological polar surface area (TPSA) is 77.8 Å². The molecule has 0 aliphatic heterocycles. The molecule has 1 spiro atoms. The van der Waals surface area contributed by atoms with Crippen molar-refractivity contribution in [3.05, 3.63) is 0 Å². The molecule has 7 atom stereocenters. The number of carbonyl (C=O) groups is 1. The van der Waals surface area contributed by atoms with E-state index in [2.05, 4.69) is 6.92 Å². The van der Waals surface area contributed by atoms with Gasteiger partial charge in [-0.1, -0.05) is 13.8 Å². The molecular weight excluding hydrogens is 304 g/mol. The summed E-state index contributed by atoms with van der Waals surface area (Å²) in [6.45, 7) is 4.15. The van der Waals surface area contributed by atoms with E-state index in [0.717, 1.165) is 44.9 Å². The number of fused-ring (bicyclic) bond motifs is 3. The van der Waals surface area contributed by atoms with Crippen molar-refractivity contribution in [3.8, 4) is 0 Å². The molecule has 0 amide bonds. The summed E-state index contributed by atoms with van der Waals surface area (Å²) in [4.78, 5) is 12.6. The van der Waals surface area contributed by atoms with Crippen LogP contribution in [-0.2, 0) is 4.79 Å². The third kappa shape index (κ3) is 1.88. The van der Waals surface area contributed by atoms with Crippen LogP contribution in [0.15, 0.2) is 0 Å². The first-order valence-electron chi connectivity index (χ1n) is 9.71. The Morgan fingerprint density at radius 2 is 1.79 bits per heavy atom. The molecule has 0 aromatic carbocycles. The smallest absolute Gasteiger partial charge is 0.141 e. The van der Waals surface area contributed by atoms with Crippen molar-refractivity contribution < 1.29 is 20.1 Å². The largest absolute Gasteiger partial charge is 0.395 e. The molecule has 0 radical (unpaired) electrons. The Balaban J connectivity index is 1.73. The van der Waals surface area contributed by atoms with Crippen LogP contribution >= 0.6 is 0 Å². The molecule has 0 aromatic heterocycles. The third-order valence-corrected chi connectivity index (χ3v) is 9.04.